The van der Waals surface area contributed by atoms with Gasteiger partial charge in [-0.05, 0) is 55.8 Å². The highest BCUT2D eigenvalue weighted by atomic mass is 32.2. The highest BCUT2D eigenvalue weighted by Crippen LogP contribution is 2.18. The molecule has 2 N–H and O–H groups in total. The van der Waals surface area contributed by atoms with Gasteiger partial charge in [0.15, 0.2) is 0 Å². The molecule has 0 bridgehead atoms. The second kappa shape index (κ2) is 9.56. The molecule has 0 aliphatic carbocycles. The van der Waals surface area contributed by atoms with Gasteiger partial charge in [0, 0.05) is 5.69 Å². The molecule has 1 amide bonds. The Morgan fingerprint density at radius 2 is 1.57 bits per heavy atom. The smallest absolute Gasteiger partial charge is 0.242 e. The fraction of sp³-hybridized carbons (Fsp3) is 0.174. The summed E-state index contributed by atoms with van der Waals surface area (Å²) in [5.74, 6) is 0.216. The number of amides is 1. The van der Waals surface area contributed by atoms with E-state index in [1.54, 1.807) is 36.4 Å². The second-order valence-electron chi connectivity index (χ2n) is 6.94. The molecular weight excluding hydrogens is 400 g/mol. The van der Waals surface area contributed by atoms with Gasteiger partial charge in [0.2, 0.25) is 15.9 Å². The third-order valence-electron chi connectivity index (χ3n) is 4.43. The zero-order valence-electron chi connectivity index (χ0n) is 16.8. The van der Waals surface area contributed by atoms with Gasteiger partial charge in [0.1, 0.15) is 12.4 Å². The van der Waals surface area contributed by atoms with Crippen molar-refractivity contribution in [2.45, 2.75) is 31.4 Å². The highest BCUT2D eigenvalue weighted by molar-refractivity contribution is 7.89. The van der Waals surface area contributed by atoms with Crippen molar-refractivity contribution in [3.05, 3.63) is 90.0 Å². The van der Waals surface area contributed by atoms with Gasteiger partial charge >= 0.3 is 0 Å². The van der Waals surface area contributed by atoms with Gasteiger partial charge < -0.3 is 10.1 Å². The minimum atomic E-state index is -3.78. The molecule has 0 heterocycles. The quantitative estimate of drug-likeness (QED) is 0.575. The molecule has 0 aliphatic rings. The van der Waals surface area contributed by atoms with Crippen LogP contribution in [0.3, 0.4) is 0 Å². The summed E-state index contributed by atoms with van der Waals surface area (Å²) < 4.78 is 33.0. The maximum Gasteiger partial charge on any atom is 0.242 e. The Hall–Kier alpha value is -3.16. The highest BCUT2D eigenvalue weighted by Gasteiger charge is 2.22. The predicted molar refractivity (Wildman–Crippen MR) is 117 cm³/mol. The van der Waals surface area contributed by atoms with Crippen molar-refractivity contribution in [3.63, 3.8) is 0 Å². The van der Waals surface area contributed by atoms with Gasteiger partial charge in [-0.2, -0.15) is 4.72 Å². The van der Waals surface area contributed by atoms with E-state index in [9.17, 15) is 13.2 Å². The lowest BCUT2D eigenvalue weighted by Gasteiger charge is -2.15. The van der Waals surface area contributed by atoms with Crippen molar-refractivity contribution in [3.8, 4) is 5.75 Å². The first kappa shape index (κ1) is 21.5. The number of sulfonamides is 1. The number of ether oxygens (including phenoxy) is 1. The summed E-state index contributed by atoms with van der Waals surface area (Å²) in [4.78, 5) is 12.5. The van der Waals surface area contributed by atoms with Crippen molar-refractivity contribution in [1.29, 1.82) is 0 Å². The number of anilines is 1. The van der Waals surface area contributed by atoms with E-state index in [1.165, 1.54) is 19.1 Å². The molecule has 156 valence electrons. The zero-order valence-corrected chi connectivity index (χ0v) is 17.6. The van der Waals surface area contributed by atoms with Crippen molar-refractivity contribution in [1.82, 2.24) is 4.72 Å². The Balaban J connectivity index is 1.55. The van der Waals surface area contributed by atoms with Crippen LogP contribution in [-0.4, -0.2) is 20.4 Å². The molecule has 0 aliphatic heterocycles. The van der Waals surface area contributed by atoms with Gasteiger partial charge in [-0.1, -0.05) is 48.0 Å². The number of benzene rings is 3. The van der Waals surface area contributed by atoms with E-state index >= 15 is 0 Å². The Morgan fingerprint density at radius 3 is 2.20 bits per heavy atom. The molecule has 3 aromatic rings. The summed E-state index contributed by atoms with van der Waals surface area (Å²) in [7, 11) is -3.78. The third-order valence-corrected chi connectivity index (χ3v) is 5.98. The predicted octanol–water partition coefficient (Wildman–Crippen LogP) is 3.88. The lowest BCUT2D eigenvalue weighted by atomic mass is 10.2. The second-order valence-corrected chi connectivity index (χ2v) is 8.66. The number of nitrogens with one attached hydrogen (secondary N) is 2. The molecule has 30 heavy (non-hydrogen) atoms. The van der Waals surface area contributed by atoms with Gasteiger partial charge in [-0.3, -0.25) is 4.79 Å². The lowest BCUT2D eigenvalue weighted by Crippen LogP contribution is -2.41. The van der Waals surface area contributed by atoms with E-state index < -0.39 is 22.0 Å². The Bertz CT molecular complexity index is 1080. The third kappa shape index (κ3) is 5.92. The summed E-state index contributed by atoms with van der Waals surface area (Å²) >= 11 is 0. The van der Waals surface area contributed by atoms with Gasteiger partial charge in [-0.15, -0.1) is 0 Å². The first-order chi connectivity index (χ1) is 14.3. The molecule has 0 saturated carbocycles. The number of hydrogen-bond donors (Lipinski definition) is 2. The number of aryl methyl sites for hydroxylation is 1. The van der Waals surface area contributed by atoms with Crippen molar-refractivity contribution < 1.29 is 17.9 Å². The summed E-state index contributed by atoms with van der Waals surface area (Å²) in [6, 6.07) is 22.2. The van der Waals surface area contributed by atoms with E-state index in [4.69, 9.17) is 4.74 Å². The standard InChI is InChI=1S/C23H24N2O4S/c1-17-8-14-22(15-9-17)30(27,28)25-18(2)23(26)24-20-10-12-21(13-11-20)29-16-19-6-4-3-5-7-19/h3-15,18,25H,16H2,1-2H3,(H,24,26)/t18-/m0/s1. The number of rotatable bonds is 8. The molecule has 0 unspecified atom stereocenters. The number of carbonyl (C=O) groups excluding carboxylic acids is 1. The van der Waals surface area contributed by atoms with Crippen LogP contribution < -0.4 is 14.8 Å². The van der Waals surface area contributed by atoms with Crippen LogP contribution in [-0.2, 0) is 21.4 Å². The molecule has 1 atom stereocenters. The first-order valence-corrected chi connectivity index (χ1v) is 11.0. The van der Waals surface area contributed by atoms with Gasteiger partial charge in [0.05, 0.1) is 10.9 Å². The summed E-state index contributed by atoms with van der Waals surface area (Å²) in [6.45, 7) is 3.82. The maximum atomic E-state index is 12.4. The van der Waals surface area contributed by atoms with Gasteiger partial charge in [0.25, 0.3) is 0 Å². The minimum Gasteiger partial charge on any atom is -0.489 e. The fourth-order valence-corrected chi connectivity index (χ4v) is 3.90. The van der Waals surface area contributed by atoms with Crippen LogP contribution in [0.1, 0.15) is 18.1 Å². The average Bonchev–Trinajstić information content (AvgIpc) is 2.74. The van der Waals surface area contributed by atoms with Gasteiger partial charge in [-0.25, -0.2) is 8.42 Å². The Morgan fingerprint density at radius 1 is 0.933 bits per heavy atom. The normalized spacial score (nSPS) is 12.2. The largest absolute Gasteiger partial charge is 0.489 e. The summed E-state index contributed by atoms with van der Waals surface area (Å²) in [5.41, 5.74) is 2.56. The van der Waals surface area contributed by atoms with Crippen LogP contribution in [0.25, 0.3) is 0 Å². The SMILES string of the molecule is Cc1ccc(S(=O)(=O)N[C@@H](C)C(=O)Nc2ccc(OCc3ccccc3)cc2)cc1. The van der Waals surface area contributed by atoms with Crippen LogP contribution in [0.4, 0.5) is 5.69 Å². The van der Waals surface area contributed by atoms with Crippen LogP contribution in [0, 0.1) is 6.92 Å². The molecule has 0 aromatic heterocycles. The maximum absolute atomic E-state index is 12.4. The summed E-state index contributed by atoms with van der Waals surface area (Å²) in [6.07, 6.45) is 0. The molecule has 6 nitrogen and oxygen atoms in total. The zero-order chi connectivity index (χ0) is 21.6. The van der Waals surface area contributed by atoms with Crippen LogP contribution in [0.2, 0.25) is 0 Å². The van der Waals surface area contributed by atoms with Crippen molar-refractivity contribution in [2.75, 3.05) is 5.32 Å². The van der Waals surface area contributed by atoms with E-state index in [0.29, 0.717) is 18.0 Å². The van der Waals surface area contributed by atoms with Crippen LogP contribution >= 0.6 is 0 Å². The Labute approximate surface area is 177 Å². The minimum absolute atomic E-state index is 0.118. The number of hydrogen-bond acceptors (Lipinski definition) is 4. The fourth-order valence-electron chi connectivity index (χ4n) is 2.70. The molecule has 7 heteroatoms. The molecule has 0 saturated heterocycles. The molecule has 0 spiro atoms. The lowest BCUT2D eigenvalue weighted by molar-refractivity contribution is -0.117. The first-order valence-electron chi connectivity index (χ1n) is 9.50. The molecule has 3 aromatic carbocycles. The molecule has 0 radical (unpaired) electrons. The van der Waals surface area contributed by atoms with Crippen LogP contribution in [0.5, 0.6) is 5.75 Å². The molecule has 0 fully saturated rings. The Kier molecular flexibility index (Phi) is 6.87. The van der Waals surface area contributed by atoms with Crippen molar-refractivity contribution in [2.24, 2.45) is 0 Å². The topological polar surface area (TPSA) is 84.5 Å². The van der Waals surface area contributed by atoms with E-state index in [1.807, 2.05) is 37.3 Å². The average molecular weight is 425 g/mol. The number of carbonyl (C=O) groups is 1. The van der Waals surface area contributed by atoms with Crippen molar-refractivity contribution >= 4 is 21.6 Å². The van der Waals surface area contributed by atoms with Crippen LogP contribution in [0.15, 0.2) is 83.8 Å². The summed E-state index contributed by atoms with van der Waals surface area (Å²) in [5, 5.41) is 2.70. The van der Waals surface area contributed by atoms with E-state index in [-0.39, 0.29) is 4.90 Å². The molecule has 3 rings (SSSR count). The van der Waals surface area contributed by atoms with E-state index in [0.717, 1.165) is 11.1 Å². The monoisotopic (exact) mass is 424 g/mol. The molecular formula is C23H24N2O4S. The van der Waals surface area contributed by atoms with E-state index in [2.05, 4.69) is 10.0 Å².